The third-order valence-electron chi connectivity index (χ3n) is 3.74. The van der Waals surface area contributed by atoms with Crippen molar-refractivity contribution in [3.8, 4) is 0 Å². The minimum absolute atomic E-state index is 0.0154. The van der Waals surface area contributed by atoms with Crippen LogP contribution in [0.15, 0.2) is 18.2 Å². The van der Waals surface area contributed by atoms with Gasteiger partial charge in [-0.05, 0) is 37.6 Å². The van der Waals surface area contributed by atoms with E-state index in [1.165, 1.54) is 0 Å². The molecule has 2 rings (SSSR count). The van der Waals surface area contributed by atoms with E-state index >= 15 is 0 Å². The molecule has 1 heterocycles. The summed E-state index contributed by atoms with van der Waals surface area (Å²) in [5.41, 5.74) is 0.849. The number of halogens is 2. The third kappa shape index (κ3) is 3.22. The van der Waals surface area contributed by atoms with E-state index in [1.807, 2.05) is 26.0 Å². The van der Waals surface area contributed by atoms with Crippen LogP contribution < -0.4 is 10.6 Å². The van der Waals surface area contributed by atoms with Crippen LogP contribution in [-0.4, -0.2) is 19.0 Å². The van der Waals surface area contributed by atoms with Crippen LogP contribution in [0.3, 0.4) is 0 Å². The highest BCUT2D eigenvalue weighted by Crippen LogP contribution is 2.30. The predicted molar refractivity (Wildman–Crippen MR) is 78.5 cm³/mol. The van der Waals surface area contributed by atoms with Crippen molar-refractivity contribution in [2.24, 2.45) is 11.8 Å². The van der Waals surface area contributed by atoms with Gasteiger partial charge in [0.15, 0.2) is 0 Å². The third-order valence-corrected chi connectivity index (χ3v) is 4.57. The molecule has 2 atom stereocenters. The number of hydrogen-bond acceptors (Lipinski definition) is 2. The molecule has 2 unspecified atom stereocenters. The quantitative estimate of drug-likeness (QED) is 0.897. The number of hydrogen-bond donors (Lipinski definition) is 2. The maximum absolute atomic E-state index is 12.1. The first-order valence-electron chi connectivity index (χ1n) is 6.45. The summed E-state index contributed by atoms with van der Waals surface area (Å²) in [6, 6.07) is 5.32. The summed E-state index contributed by atoms with van der Waals surface area (Å²) < 4.78 is 0. The van der Waals surface area contributed by atoms with Gasteiger partial charge in [0.25, 0.3) is 0 Å². The van der Waals surface area contributed by atoms with Gasteiger partial charge in [-0.15, -0.1) is 0 Å². The highest BCUT2D eigenvalue weighted by Gasteiger charge is 2.29. The standard InChI is InChI=1S/C14H18Cl2N2O/c1-8(10-6-17-7-10)14(19)18-9(2)11-4-3-5-12(15)13(11)16/h3-5,8-10,17H,6-7H2,1-2H3,(H,18,19). The molecule has 1 aliphatic heterocycles. The lowest BCUT2D eigenvalue weighted by atomic mass is 9.88. The first-order chi connectivity index (χ1) is 9.00. The molecule has 0 radical (unpaired) electrons. The molecule has 2 N–H and O–H groups in total. The largest absolute Gasteiger partial charge is 0.349 e. The van der Waals surface area contributed by atoms with Crippen molar-refractivity contribution in [1.82, 2.24) is 10.6 Å². The fourth-order valence-electron chi connectivity index (χ4n) is 2.16. The summed E-state index contributed by atoms with van der Waals surface area (Å²) in [6.07, 6.45) is 0. The lowest BCUT2D eigenvalue weighted by Gasteiger charge is -2.32. The fraction of sp³-hybridized carbons (Fsp3) is 0.500. The monoisotopic (exact) mass is 300 g/mol. The SMILES string of the molecule is CC(NC(=O)C(C)C1CNC1)c1cccc(Cl)c1Cl. The molecule has 1 aliphatic rings. The van der Waals surface area contributed by atoms with Gasteiger partial charge in [-0.1, -0.05) is 42.3 Å². The second-order valence-electron chi connectivity index (χ2n) is 5.08. The Labute approximate surface area is 123 Å². The molecule has 1 aromatic rings. The Balaban J connectivity index is 2.01. The summed E-state index contributed by atoms with van der Waals surface area (Å²) in [6.45, 7) is 5.72. The summed E-state index contributed by atoms with van der Waals surface area (Å²) in [7, 11) is 0. The highest BCUT2D eigenvalue weighted by atomic mass is 35.5. The van der Waals surface area contributed by atoms with Gasteiger partial charge in [0, 0.05) is 5.92 Å². The Kier molecular flexibility index (Phi) is 4.71. The molecule has 0 spiro atoms. The molecule has 1 fully saturated rings. The molecule has 1 saturated heterocycles. The zero-order valence-electron chi connectivity index (χ0n) is 11.0. The van der Waals surface area contributed by atoms with Crippen LogP contribution in [0.5, 0.6) is 0 Å². The lowest BCUT2D eigenvalue weighted by molar-refractivity contribution is -0.127. The smallest absolute Gasteiger partial charge is 0.223 e. The van der Waals surface area contributed by atoms with Crippen LogP contribution in [0.25, 0.3) is 0 Å². The number of rotatable bonds is 4. The van der Waals surface area contributed by atoms with Gasteiger partial charge in [-0.2, -0.15) is 0 Å². The van der Waals surface area contributed by atoms with Crippen molar-refractivity contribution in [2.75, 3.05) is 13.1 Å². The Morgan fingerprint density at radius 1 is 1.37 bits per heavy atom. The van der Waals surface area contributed by atoms with Gasteiger partial charge in [0.1, 0.15) is 0 Å². The van der Waals surface area contributed by atoms with Crippen molar-refractivity contribution in [3.05, 3.63) is 33.8 Å². The van der Waals surface area contributed by atoms with Crippen LogP contribution in [0.1, 0.15) is 25.5 Å². The molecule has 1 amide bonds. The average Bonchev–Trinajstić information content (AvgIpc) is 2.30. The van der Waals surface area contributed by atoms with E-state index in [1.54, 1.807) is 6.07 Å². The second-order valence-corrected chi connectivity index (χ2v) is 5.87. The van der Waals surface area contributed by atoms with E-state index in [4.69, 9.17) is 23.2 Å². The van der Waals surface area contributed by atoms with Gasteiger partial charge in [0.2, 0.25) is 5.91 Å². The van der Waals surface area contributed by atoms with E-state index in [9.17, 15) is 4.79 Å². The predicted octanol–water partition coefficient (Wildman–Crippen LogP) is 3.03. The zero-order chi connectivity index (χ0) is 14.0. The highest BCUT2D eigenvalue weighted by molar-refractivity contribution is 6.42. The van der Waals surface area contributed by atoms with Gasteiger partial charge in [-0.25, -0.2) is 0 Å². The van der Waals surface area contributed by atoms with Crippen molar-refractivity contribution in [1.29, 1.82) is 0 Å². The molecule has 0 bridgehead atoms. The Bertz CT molecular complexity index is 475. The molecule has 3 nitrogen and oxygen atoms in total. The van der Waals surface area contributed by atoms with Gasteiger partial charge < -0.3 is 10.6 Å². The van der Waals surface area contributed by atoms with Crippen LogP contribution in [0, 0.1) is 11.8 Å². The zero-order valence-corrected chi connectivity index (χ0v) is 12.6. The molecule has 5 heteroatoms. The number of carbonyl (C=O) groups is 1. The van der Waals surface area contributed by atoms with Crippen LogP contribution in [0.4, 0.5) is 0 Å². The molecular formula is C14H18Cl2N2O. The van der Waals surface area contributed by atoms with E-state index in [2.05, 4.69) is 10.6 Å². The molecule has 0 aliphatic carbocycles. The van der Waals surface area contributed by atoms with Gasteiger partial charge in [0.05, 0.1) is 16.1 Å². The van der Waals surface area contributed by atoms with Crippen molar-refractivity contribution < 1.29 is 4.79 Å². The van der Waals surface area contributed by atoms with Crippen LogP contribution >= 0.6 is 23.2 Å². The molecule has 1 aromatic carbocycles. The minimum atomic E-state index is -0.144. The Morgan fingerprint density at radius 2 is 2.05 bits per heavy atom. The van der Waals surface area contributed by atoms with E-state index in [0.29, 0.717) is 16.0 Å². The van der Waals surface area contributed by atoms with Crippen molar-refractivity contribution in [3.63, 3.8) is 0 Å². The summed E-state index contributed by atoms with van der Waals surface area (Å²) in [5.74, 6) is 0.513. The maximum atomic E-state index is 12.1. The van der Waals surface area contributed by atoms with Gasteiger partial charge in [-0.3, -0.25) is 4.79 Å². The fourth-order valence-corrected chi connectivity index (χ4v) is 2.63. The minimum Gasteiger partial charge on any atom is -0.349 e. The lowest BCUT2D eigenvalue weighted by Crippen LogP contribution is -2.49. The molecular weight excluding hydrogens is 283 g/mol. The molecule has 19 heavy (non-hydrogen) atoms. The summed E-state index contributed by atoms with van der Waals surface area (Å²) >= 11 is 12.1. The average molecular weight is 301 g/mol. The normalized spacial score (nSPS) is 18.5. The Hall–Kier alpha value is -0.770. The van der Waals surface area contributed by atoms with Crippen molar-refractivity contribution >= 4 is 29.1 Å². The summed E-state index contributed by atoms with van der Waals surface area (Å²) in [5, 5.41) is 7.20. The topological polar surface area (TPSA) is 41.1 Å². The first kappa shape index (κ1) is 14.6. The number of benzene rings is 1. The molecule has 0 aromatic heterocycles. The Morgan fingerprint density at radius 3 is 2.63 bits per heavy atom. The number of carbonyl (C=O) groups excluding carboxylic acids is 1. The van der Waals surface area contributed by atoms with E-state index in [-0.39, 0.29) is 17.9 Å². The van der Waals surface area contributed by atoms with E-state index < -0.39 is 0 Å². The number of amides is 1. The maximum Gasteiger partial charge on any atom is 0.223 e. The van der Waals surface area contributed by atoms with E-state index in [0.717, 1.165) is 18.7 Å². The van der Waals surface area contributed by atoms with Crippen LogP contribution in [-0.2, 0) is 4.79 Å². The molecule has 104 valence electrons. The van der Waals surface area contributed by atoms with Crippen LogP contribution in [0.2, 0.25) is 10.0 Å². The summed E-state index contributed by atoms with van der Waals surface area (Å²) in [4.78, 5) is 12.1. The molecule has 0 saturated carbocycles. The second kappa shape index (κ2) is 6.12. The van der Waals surface area contributed by atoms with Crippen molar-refractivity contribution in [2.45, 2.75) is 19.9 Å². The first-order valence-corrected chi connectivity index (χ1v) is 7.21. The van der Waals surface area contributed by atoms with Gasteiger partial charge >= 0.3 is 0 Å². The number of nitrogens with one attached hydrogen (secondary N) is 2.